The van der Waals surface area contributed by atoms with Crippen LogP contribution in [0.15, 0.2) is 46.6 Å². The van der Waals surface area contributed by atoms with E-state index in [1.165, 1.54) is 7.05 Å². The Balaban J connectivity index is 1.79. The first-order valence-electron chi connectivity index (χ1n) is 7.52. The molecule has 0 spiro atoms. The Morgan fingerprint density at radius 3 is 2.54 bits per heavy atom. The van der Waals surface area contributed by atoms with Crippen LogP contribution in [-0.2, 0) is 11.4 Å². The van der Waals surface area contributed by atoms with Crippen LogP contribution in [0.3, 0.4) is 0 Å². The number of carbonyl (C=O) groups excluding carboxylic acids is 2. The molecule has 1 heterocycles. The van der Waals surface area contributed by atoms with Crippen molar-refractivity contribution < 1.29 is 14.3 Å². The maximum Gasteiger partial charge on any atom is 0.328 e. The van der Waals surface area contributed by atoms with E-state index in [0.717, 1.165) is 14.0 Å². The number of urea groups is 1. The Kier molecular flexibility index (Phi) is 5.89. The highest BCUT2D eigenvalue weighted by Gasteiger charge is 2.30. The lowest BCUT2D eigenvalue weighted by Gasteiger charge is -2.11. The molecule has 0 aliphatic carbocycles. The molecule has 0 bridgehead atoms. The van der Waals surface area contributed by atoms with Crippen molar-refractivity contribution in [3.63, 3.8) is 0 Å². The summed E-state index contributed by atoms with van der Waals surface area (Å²) in [6.45, 7) is 0.384. The Bertz CT molecular complexity index is 892. The second-order valence-corrected chi connectivity index (χ2v) is 8.09. The SMILES string of the molecule is CN1C(=O)N/C(=C/c2cc(Cl)c(OCc3ccc(I)cc3)c(Br)c2)C1=O. The van der Waals surface area contributed by atoms with Crippen molar-refractivity contribution in [2.45, 2.75) is 6.61 Å². The molecular formula is C18H13BrClIN2O3. The monoisotopic (exact) mass is 546 g/mol. The molecule has 1 aliphatic rings. The minimum atomic E-state index is -0.455. The van der Waals surface area contributed by atoms with Crippen LogP contribution in [0.2, 0.25) is 5.02 Å². The van der Waals surface area contributed by atoms with Crippen LogP contribution in [-0.4, -0.2) is 23.9 Å². The van der Waals surface area contributed by atoms with Crippen molar-refractivity contribution >= 4 is 68.1 Å². The molecular weight excluding hydrogens is 534 g/mol. The van der Waals surface area contributed by atoms with Crippen molar-refractivity contribution in [3.05, 3.63) is 66.3 Å². The number of rotatable bonds is 4. The smallest absolute Gasteiger partial charge is 0.328 e. The molecule has 0 atom stereocenters. The van der Waals surface area contributed by atoms with Gasteiger partial charge in [0.1, 0.15) is 12.3 Å². The van der Waals surface area contributed by atoms with E-state index in [1.807, 2.05) is 24.3 Å². The molecule has 3 rings (SSSR count). The molecule has 3 amide bonds. The Hall–Kier alpha value is -1.58. The molecule has 5 nitrogen and oxygen atoms in total. The highest BCUT2D eigenvalue weighted by atomic mass is 127. The second kappa shape index (κ2) is 7.98. The minimum absolute atomic E-state index is 0.202. The fourth-order valence-corrected chi connectivity index (χ4v) is 3.68. The molecule has 1 aliphatic heterocycles. The zero-order chi connectivity index (χ0) is 18.8. The molecule has 8 heteroatoms. The van der Waals surface area contributed by atoms with Crippen molar-refractivity contribution in [1.29, 1.82) is 0 Å². The molecule has 1 N–H and O–H groups in total. The first-order valence-corrected chi connectivity index (χ1v) is 9.77. The molecule has 0 aromatic heterocycles. The Morgan fingerprint density at radius 1 is 1.27 bits per heavy atom. The quantitative estimate of drug-likeness (QED) is 0.340. The van der Waals surface area contributed by atoms with Crippen LogP contribution >= 0.6 is 50.1 Å². The third kappa shape index (κ3) is 4.21. The predicted molar refractivity (Wildman–Crippen MR) is 112 cm³/mol. The molecule has 1 saturated heterocycles. The van der Waals surface area contributed by atoms with E-state index in [-0.39, 0.29) is 11.6 Å². The van der Waals surface area contributed by atoms with Crippen LogP contribution in [0.1, 0.15) is 11.1 Å². The van der Waals surface area contributed by atoms with Crippen molar-refractivity contribution in [3.8, 4) is 5.75 Å². The largest absolute Gasteiger partial charge is 0.486 e. The first kappa shape index (κ1) is 19.2. The zero-order valence-electron chi connectivity index (χ0n) is 13.6. The molecule has 2 aromatic carbocycles. The number of nitrogens with zero attached hydrogens (tertiary/aromatic N) is 1. The van der Waals surface area contributed by atoms with E-state index in [2.05, 4.69) is 43.8 Å². The van der Waals surface area contributed by atoms with Gasteiger partial charge in [0.05, 0.1) is 9.50 Å². The van der Waals surface area contributed by atoms with Crippen LogP contribution in [0, 0.1) is 3.57 Å². The van der Waals surface area contributed by atoms with E-state index < -0.39 is 6.03 Å². The van der Waals surface area contributed by atoms with Gasteiger partial charge in [-0.2, -0.15) is 0 Å². The number of hydrogen-bond donors (Lipinski definition) is 1. The van der Waals surface area contributed by atoms with Crippen LogP contribution in [0.5, 0.6) is 5.75 Å². The highest BCUT2D eigenvalue weighted by molar-refractivity contribution is 14.1. The lowest BCUT2D eigenvalue weighted by atomic mass is 10.2. The number of halogens is 3. The van der Waals surface area contributed by atoms with Gasteiger partial charge >= 0.3 is 6.03 Å². The summed E-state index contributed by atoms with van der Waals surface area (Å²) in [5.41, 5.74) is 1.90. The van der Waals surface area contributed by atoms with Gasteiger partial charge in [-0.3, -0.25) is 9.69 Å². The minimum Gasteiger partial charge on any atom is -0.486 e. The standard InChI is InChI=1S/C18H13BrClIN2O3/c1-23-17(24)15(22-18(23)25)8-11-6-13(19)16(14(20)7-11)26-9-10-2-4-12(21)5-3-10/h2-8H,9H2,1H3,(H,22,25)/b15-8+. The van der Waals surface area contributed by atoms with Gasteiger partial charge < -0.3 is 10.1 Å². The lowest BCUT2D eigenvalue weighted by Crippen LogP contribution is -2.25. The number of ether oxygens (including phenoxy) is 1. The summed E-state index contributed by atoms with van der Waals surface area (Å²) < 4.78 is 7.64. The highest BCUT2D eigenvalue weighted by Crippen LogP contribution is 2.35. The van der Waals surface area contributed by atoms with Gasteiger partial charge in [0.15, 0.2) is 5.75 Å². The number of amides is 3. The van der Waals surface area contributed by atoms with Gasteiger partial charge in [-0.25, -0.2) is 4.79 Å². The zero-order valence-corrected chi connectivity index (χ0v) is 18.1. The average Bonchev–Trinajstić information content (AvgIpc) is 2.83. The number of imide groups is 1. The Labute approximate surface area is 177 Å². The molecule has 2 aromatic rings. The van der Waals surface area contributed by atoms with E-state index in [0.29, 0.717) is 27.4 Å². The summed E-state index contributed by atoms with van der Waals surface area (Å²) >= 11 is 12.0. The average molecular weight is 548 g/mol. The van der Waals surface area contributed by atoms with Gasteiger partial charge in [0.2, 0.25) is 0 Å². The summed E-state index contributed by atoms with van der Waals surface area (Å²) in [5.74, 6) is 0.132. The predicted octanol–water partition coefficient (Wildman–Crippen LogP) is 4.81. The fourth-order valence-electron chi connectivity index (χ4n) is 2.33. The number of nitrogens with one attached hydrogen (secondary N) is 1. The second-order valence-electron chi connectivity index (χ2n) is 5.58. The van der Waals surface area contributed by atoms with Gasteiger partial charge in [-0.15, -0.1) is 0 Å². The number of carbonyl (C=O) groups is 2. The topological polar surface area (TPSA) is 58.6 Å². The van der Waals surface area contributed by atoms with E-state index in [9.17, 15) is 9.59 Å². The number of hydrogen-bond acceptors (Lipinski definition) is 3. The molecule has 26 heavy (non-hydrogen) atoms. The maximum atomic E-state index is 11.9. The van der Waals surface area contributed by atoms with Crippen molar-refractivity contribution in [2.75, 3.05) is 7.05 Å². The Morgan fingerprint density at radius 2 is 1.96 bits per heavy atom. The summed E-state index contributed by atoms with van der Waals surface area (Å²) in [5, 5.41) is 2.92. The fraction of sp³-hybridized carbons (Fsp3) is 0.111. The van der Waals surface area contributed by atoms with Gasteiger partial charge in [-0.1, -0.05) is 23.7 Å². The molecule has 0 saturated carbocycles. The number of benzene rings is 2. The summed E-state index contributed by atoms with van der Waals surface area (Å²) in [4.78, 5) is 24.5. The van der Waals surface area contributed by atoms with Gasteiger partial charge in [0.25, 0.3) is 5.91 Å². The van der Waals surface area contributed by atoms with E-state index in [4.69, 9.17) is 16.3 Å². The summed E-state index contributed by atoms with van der Waals surface area (Å²) in [7, 11) is 1.42. The summed E-state index contributed by atoms with van der Waals surface area (Å²) in [6.07, 6.45) is 1.57. The van der Waals surface area contributed by atoms with Crippen LogP contribution in [0.25, 0.3) is 6.08 Å². The normalized spacial score (nSPS) is 15.5. The van der Waals surface area contributed by atoms with Gasteiger partial charge in [0, 0.05) is 10.6 Å². The third-order valence-electron chi connectivity index (χ3n) is 3.71. The third-order valence-corrected chi connectivity index (χ3v) is 5.30. The van der Waals surface area contributed by atoms with Crippen LogP contribution < -0.4 is 10.1 Å². The van der Waals surface area contributed by atoms with Crippen LogP contribution in [0.4, 0.5) is 4.79 Å². The van der Waals surface area contributed by atoms with Crippen molar-refractivity contribution in [1.82, 2.24) is 10.2 Å². The molecule has 1 fully saturated rings. The summed E-state index contributed by atoms with van der Waals surface area (Å²) in [6, 6.07) is 11.0. The number of likely N-dealkylation sites (N-methyl/N-ethyl adjacent to an activating group) is 1. The maximum absolute atomic E-state index is 11.9. The van der Waals surface area contributed by atoms with E-state index in [1.54, 1.807) is 18.2 Å². The molecule has 0 unspecified atom stereocenters. The first-order chi connectivity index (χ1) is 12.3. The van der Waals surface area contributed by atoms with Gasteiger partial charge in [-0.05, 0) is 80.0 Å². The molecule has 0 radical (unpaired) electrons. The van der Waals surface area contributed by atoms with E-state index >= 15 is 0 Å². The molecule has 134 valence electrons. The lowest BCUT2D eigenvalue weighted by molar-refractivity contribution is -0.121. The van der Waals surface area contributed by atoms with Crippen molar-refractivity contribution in [2.24, 2.45) is 0 Å².